The average Bonchev–Trinajstić information content (AvgIpc) is 3.55. The van der Waals surface area contributed by atoms with Crippen LogP contribution in [0.1, 0.15) is 49.8 Å². The number of fused-ring (bicyclic) bond motifs is 1. The van der Waals surface area contributed by atoms with Crippen LogP contribution >= 0.6 is 11.3 Å². The molecular formula is C29H32N4O4S2. The molecule has 0 amide bonds. The lowest BCUT2D eigenvalue weighted by Gasteiger charge is -2.29. The van der Waals surface area contributed by atoms with Crippen molar-refractivity contribution in [3.8, 4) is 32.8 Å². The Morgan fingerprint density at radius 2 is 2.08 bits per heavy atom. The Morgan fingerprint density at radius 3 is 2.85 bits per heavy atom. The van der Waals surface area contributed by atoms with Gasteiger partial charge < -0.3 is 9.84 Å². The zero-order valence-corrected chi connectivity index (χ0v) is 23.8. The van der Waals surface area contributed by atoms with E-state index >= 15 is 0 Å². The Bertz CT molecular complexity index is 1540. The van der Waals surface area contributed by atoms with Crippen molar-refractivity contribution in [3.63, 3.8) is 0 Å². The van der Waals surface area contributed by atoms with Crippen molar-refractivity contribution < 1.29 is 18.3 Å². The maximum absolute atomic E-state index is 12.9. The summed E-state index contributed by atoms with van der Waals surface area (Å²) in [7, 11) is -3.63. The molecule has 5 rings (SSSR count). The number of piperidine rings is 1. The summed E-state index contributed by atoms with van der Waals surface area (Å²) in [5.41, 5.74) is 4.91. The molecule has 0 saturated carbocycles. The maximum atomic E-state index is 12.9. The van der Waals surface area contributed by atoms with Crippen molar-refractivity contribution in [1.29, 1.82) is 5.26 Å². The first-order valence-corrected chi connectivity index (χ1v) is 15.7. The molecular weight excluding hydrogens is 532 g/mol. The third-order valence-corrected chi connectivity index (χ3v) is 9.25. The van der Waals surface area contributed by atoms with Crippen molar-refractivity contribution in [2.45, 2.75) is 51.7 Å². The summed E-state index contributed by atoms with van der Waals surface area (Å²) in [6.07, 6.45) is 4.36. The van der Waals surface area contributed by atoms with Gasteiger partial charge in [-0.15, -0.1) is 11.3 Å². The molecule has 2 aromatic carbocycles. The van der Waals surface area contributed by atoms with E-state index in [4.69, 9.17) is 4.74 Å². The normalized spacial score (nSPS) is 18.8. The fourth-order valence-corrected chi connectivity index (χ4v) is 7.23. The second-order valence-electron chi connectivity index (χ2n) is 10.3. The molecule has 2 heterocycles. The second kappa shape index (κ2) is 11.6. The van der Waals surface area contributed by atoms with Crippen molar-refractivity contribution in [2.75, 3.05) is 25.4 Å². The minimum absolute atomic E-state index is 0.0262. The average molecular weight is 565 g/mol. The number of hydrogen-bond donors (Lipinski definition) is 1. The van der Waals surface area contributed by atoms with Gasteiger partial charge in [-0.05, 0) is 75.4 Å². The Kier molecular flexibility index (Phi) is 8.14. The van der Waals surface area contributed by atoms with E-state index in [9.17, 15) is 18.8 Å². The summed E-state index contributed by atoms with van der Waals surface area (Å²) in [5.74, 6) is 0.506. The number of benzene rings is 2. The van der Waals surface area contributed by atoms with E-state index in [0.717, 1.165) is 51.5 Å². The number of sulfonamides is 1. The fraction of sp³-hybridized carbons (Fsp3) is 0.414. The van der Waals surface area contributed by atoms with Gasteiger partial charge in [-0.2, -0.15) is 9.66 Å². The van der Waals surface area contributed by atoms with E-state index in [1.165, 1.54) is 11.3 Å². The molecule has 1 N–H and O–H groups in total. The van der Waals surface area contributed by atoms with Crippen LogP contribution in [0.3, 0.4) is 0 Å². The first-order valence-electron chi connectivity index (χ1n) is 13.2. The molecule has 1 aliphatic carbocycles. The molecule has 39 heavy (non-hydrogen) atoms. The first-order chi connectivity index (χ1) is 18.7. The number of thiazole rings is 1. The van der Waals surface area contributed by atoms with Gasteiger partial charge in [0.15, 0.2) is 0 Å². The van der Waals surface area contributed by atoms with Crippen LogP contribution in [0.2, 0.25) is 0 Å². The molecule has 1 aromatic heterocycles. The van der Waals surface area contributed by atoms with Crippen LogP contribution in [0.5, 0.6) is 5.75 Å². The highest BCUT2D eigenvalue weighted by Gasteiger charge is 2.25. The summed E-state index contributed by atoms with van der Waals surface area (Å²) < 4.78 is 35.7. The number of hydrogen-bond acceptors (Lipinski definition) is 8. The number of β-amino-alcohol motifs (C(OH)–C–C–N with tert-alkyl or cyclic N) is 1. The molecule has 0 unspecified atom stereocenters. The van der Waals surface area contributed by atoms with Gasteiger partial charge >= 0.3 is 0 Å². The Hall–Kier alpha value is -3.10. The zero-order valence-electron chi connectivity index (χ0n) is 22.1. The molecule has 0 bridgehead atoms. The van der Waals surface area contributed by atoms with Crippen LogP contribution in [-0.2, 0) is 16.4 Å². The lowest BCUT2D eigenvalue weighted by atomic mass is 10.0. The maximum Gasteiger partial charge on any atom is 0.254 e. The van der Waals surface area contributed by atoms with Crippen molar-refractivity contribution in [2.24, 2.45) is 4.40 Å². The van der Waals surface area contributed by atoms with Gasteiger partial charge in [0.2, 0.25) is 0 Å². The summed E-state index contributed by atoms with van der Waals surface area (Å²) in [4.78, 5) is 7.61. The molecule has 10 heteroatoms. The van der Waals surface area contributed by atoms with E-state index in [1.54, 1.807) is 6.07 Å². The third-order valence-electron chi connectivity index (χ3n) is 6.97. The topological polar surface area (TPSA) is 116 Å². The minimum Gasteiger partial charge on any atom is -0.490 e. The van der Waals surface area contributed by atoms with Gasteiger partial charge in [0.1, 0.15) is 16.8 Å². The zero-order chi connectivity index (χ0) is 27.6. The highest BCUT2D eigenvalue weighted by molar-refractivity contribution is 7.90. The van der Waals surface area contributed by atoms with E-state index in [2.05, 4.69) is 15.5 Å². The van der Waals surface area contributed by atoms with Crippen LogP contribution < -0.4 is 4.74 Å². The van der Waals surface area contributed by atoms with E-state index in [1.807, 2.05) is 55.3 Å². The largest absolute Gasteiger partial charge is 0.490 e. The van der Waals surface area contributed by atoms with Crippen LogP contribution in [-0.4, -0.2) is 66.7 Å². The van der Waals surface area contributed by atoms with Gasteiger partial charge in [-0.25, -0.2) is 13.4 Å². The van der Waals surface area contributed by atoms with Gasteiger partial charge in [-0.3, -0.25) is 4.90 Å². The van der Waals surface area contributed by atoms with Crippen molar-refractivity contribution >= 4 is 27.1 Å². The molecule has 8 nitrogen and oxygen atoms in total. The van der Waals surface area contributed by atoms with Crippen LogP contribution in [0.4, 0.5) is 0 Å². The summed E-state index contributed by atoms with van der Waals surface area (Å²) in [6, 6.07) is 13.6. The number of likely N-dealkylation sites (tertiary alicyclic amines) is 1. The quantitative estimate of drug-likeness (QED) is 0.423. The second-order valence-corrected chi connectivity index (χ2v) is 13.1. The number of nitrogens with zero attached hydrogens (tertiary/aromatic N) is 4. The predicted molar refractivity (Wildman–Crippen MR) is 154 cm³/mol. The number of nitriles is 1. The molecule has 1 fully saturated rings. The predicted octanol–water partition coefficient (Wildman–Crippen LogP) is 4.66. The van der Waals surface area contributed by atoms with Crippen molar-refractivity contribution in [3.05, 3.63) is 59.3 Å². The highest BCUT2D eigenvalue weighted by atomic mass is 32.2. The number of aromatic nitrogens is 1. The number of ether oxygens (including phenoxy) is 1. The molecule has 0 radical (unpaired) electrons. The summed E-state index contributed by atoms with van der Waals surface area (Å²) >= 11 is 1.54. The summed E-state index contributed by atoms with van der Waals surface area (Å²) in [5, 5.41) is 20.2. The standard InChI is InChI=1S/C29H32N4O4S2/c1-19(2)37-27-11-8-20(15-21(27)16-30)29-31-17-28(38-29)25-7-3-6-24-23(25)9-10-26(24)32-39(35,36)14-13-33-12-4-5-22(34)18-33/h3,6-8,11,15,17,19,22,34H,4-5,9-10,12-14,18H2,1-2H3/b32-26-/t22-/m0/s1. The highest BCUT2D eigenvalue weighted by Crippen LogP contribution is 2.39. The number of aliphatic hydroxyl groups excluding tert-OH is 1. The smallest absolute Gasteiger partial charge is 0.254 e. The summed E-state index contributed by atoms with van der Waals surface area (Å²) in [6.45, 7) is 5.55. The van der Waals surface area contributed by atoms with Gasteiger partial charge in [0.25, 0.3) is 10.0 Å². The minimum atomic E-state index is -3.63. The van der Waals surface area contributed by atoms with Crippen LogP contribution in [0, 0.1) is 11.3 Å². The molecule has 204 valence electrons. The SMILES string of the molecule is CC(C)Oc1ccc(-c2ncc(-c3cccc4c3CC/C4=N/S(=O)(=O)CCN3CCC[C@H](O)C3)s2)cc1C#N. The lowest BCUT2D eigenvalue weighted by molar-refractivity contribution is 0.0741. The Morgan fingerprint density at radius 1 is 1.26 bits per heavy atom. The van der Waals surface area contributed by atoms with Crippen LogP contribution in [0.15, 0.2) is 47.0 Å². The monoisotopic (exact) mass is 564 g/mol. The lowest BCUT2D eigenvalue weighted by Crippen LogP contribution is -2.40. The first kappa shape index (κ1) is 27.5. The molecule has 1 saturated heterocycles. The molecule has 1 aliphatic heterocycles. The van der Waals surface area contributed by atoms with Gasteiger partial charge in [0, 0.05) is 30.4 Å². The van der Waals surface area contributed by atoms with E-state index in [-0.39, 0.29) is 18.0 Å². The third kappa shape index (κ3) is 6.39. The number of rotatable bonds is 8. The molecule has 3 aromatic rings. The van der Waals surface area contributed by atoms with E-state index in [0.29, 0.717) is 43.0 Å². The van der Waals surface area contributed by atoms with Gasteiger partial charge in [0.05, 0.1) is 34.1 Å². The fourth-order valence-electron chi connectivity index (χ4n) is 5.16. The van der Waals surface area contributed by atoms with Crippen LogP contribution in [0.25, 0.3) is 21.0 Å². The Labute approximate surface area is 233 Å². The Balaban J connectivity index is 1.36. The molecule has 1 atom stereocenters. The molecule has 0 spiro atoms. The number of aliphatic hydroxyl groups is 1. The molecule has 2 aliphatic rings. The van der Waals surface area contributed by atoms with E-state index < -0.39 is 10.0 Å². The van der Waals surface area contributed by atoms with Gasteiger partial charge in [-0.1, -0.05) is 18.2 Å². The van der Waals surface area contributed by atoms with Crippen molar-refractivity contribution in [1.82, 2.24) is 9.88 Å².